The lowest BCUT2D eigenvalue weighted by Crippen LogP contribution is -2.33. The second-order valence-corrected chi connectivity index (χ2v) is 5.67. The smallest absolute Gasteiger partial charge is 0.253 e. The highest BCUT2D eigenvalue weighted by atomic mass is 35.5. The molecule has 1 rings (SSSR count). The highest BCUT2D eigenvalue weighted by Gasteiger charge is 2.17. The van der Waals surface area contributed by atoms with Gasteiger partial charge in [0.2, 0.25) is 0 Å². The van der Waals surface area contributed by atoms with Crippen molar-refractivity contribution in [1.29, 1.82) is 0 Å². The van der Waals surface area contributed by atoms with Crippen molar-refractivity contribution in [3.8, 4) is 0 Å². The van der Waals surface area contributed by atoms with E-state index in [2.05, 4.69) is 13.8 Å². The number of hydrogen-bond acceptors (Lipinski definition) is 2. The highest BCUT2D eigenvalue weighted by molar-refractivity contribution is 6.39. The zero-order chi connectivity index (χ0) is 15.1. The Bertz CT molecular complexity index is 432. The first-order valence-corrected chi connectivity index (χ1v) is 7.80. The summed E-state index contributed by atoms with van der Waals surface area (Å²) in [5.41, 5.74) is 6.52. The quantitative estimate of drug-likeness (QED) is 0.746. The van der Waals surface area contributed by atoms with E-state index in [9.17, 15) is 4.79 Å². The van der Waals surface area contributed by atoms with Crippen LogP contribution in [0.4, 0.5) is 5.69 Å². The molecule has 0 heterocycles. The Morgan fingerprint density at radius 2 is 1.55 bits per heavy atom. The van der Waals surface area contributed by atoms with E-state index in [0.717, 1.165) is 38.8 Å². The summed E-state index contributed by atoms with van der Waals surface area (Å²) in [6, 6.07) is 3.19. The Morgan fingerprint density at radius 1 is 1.10 bits per heavy atom. The fourth-order valence-corrected chi connectivity index (χ4v) is 2.39. The minimum atomic E-state index is -0.0318. The topological polar surface area (TPSA) is 46.3 Å². The van der Waals surface area contributed by atoms with Crippen LogP contribution in [0.3, 0.4) is 0 Å². The van der Waals surface area contributed by atoms with E-state index in [1.165, 1.54) is 0 Å². The molecule has 0 unspecified atom stereocenters. The third kappa shape index (κ3) is 4.57. The van der Waals surface area contributed by atoms with Crippen molar-refractivity contribution in [2.24, 2.45) is 0 Å². The summed E-state index contributed by atoms with van der Waals surface area (Å²) in [7, 11) is 0. The molecule has 0 spiro atoms. The number of nitrogens with zero attached hydrogens (tertiary/aromatic N) is 1. The van der Waals surface area contributed by atoms with Gasteiger partial charge in [0.05, 0.1) is 15.7 Å². The van der Waals surface area contributed by atoms with E-state index in [-0.39, 0.29) is 5.91 Å². The predicted molar refractivity (Wildman–Crippen MR) is 86.6 cm³/mol. The average molecular weight is 317 g/mol. The van der Waals surface area contributed by atoms with Gasteiger partial charge in [-0.2, -0.15) is 0 Å². The second-order valence-electron chi connectivity index (χ2n) is 4.85. The number of nitrogen functional groups attached to an aromatic ring is 1. The Balaban J connectivity index is 2.92. The van der Waals surface area contributed by atoms with Crippen molar-refractivity contribution in [2.75, 3.05) is 18.8 Å². The first-order chi connectivity index (χ1) is 9.51. The van der Waals surface area contributed by atoms with Gasteiger partial charge in [0.15, 0.2) is 0 Å². The lowest BCUT2D eigenvalue weighted by atomic mass is 10.1. The lowest BCUT2D eigenvalue weighted by Gasteiger charge is -2.23. The van der Waals surface area contributed by atoms with Gasteiger partial charge < -0.3 is 10.6 Å². The molecule has 0 aromatic heterocycles. The molecule has 5 heteroatoms. The van der Waals surface area contributed by atoms with Crippen molar-refractivity contribution in [3.05, 3.63) is 27.7 Å². The van der Waals surface area contributed by atoms with E-state index < -0.39 is 0 Å². The summed E-state index contributed by atoms with van der Waals surface area (Å²) in [5, 5.41) is 0.651. The van der Waals surface area contributed by atoms with Crippen LogP contribution in [0.15, 0.2) is 12.1 Å². The van der Waals surface area contributed by atoms with Gasteiger partial charge in [-0.3, -0.25) is 4.79 Å². The van der Waals surface area contributed by atoms with Gasteiger partial charge in [-0.15, -0.1) is 0 Å². The van der Waals surface area contributed by atoms with Crippen LogP contribution in [0.1, 0.15) is 49.9 Å². The van der Waals surface area contributed by atoms with Gasteiger partial charge in [-0.05, 0) is 25.0 Å². The van der Waals surface area contributed by atoms with Crippen LogP contribution in [0.5, 0.6) is 0 Å². The van der Waals surface area contributed by atoms with E-state index in [1.54, 1.807) is 12.1 Å². The standard InChI is InChI=1S/C15H22Cl2N2O/c1-3-5-7-19(8-6-4-2)15(20)11-9-12(16)14(18)13(17)10-11/h9-10H,3-8,18H2,1-2H3. The van der Waals surface area contributed by atoms with E-state index >= 15 is 0 Å². The average Bonchev–Trinajstić information content (AvgIpc) is 2.43. The molecule has 0 aliphatic carbocycles. The fourth-order valence-electron chi connectivity index (χ4n) is 1.90. The number of amides is 1. The number of carbonyl (C=O) groups excluding carboxylic acids is 1. The van der Waals surface area contributed by atoms with E-state index in [0.29, 0.717) is 21.3 Å². The zero-order valence-corrected chi connectivity index (χ0v) is 13.6. The van der Waals surface area contributed by atoms with E-state index in [1.807, 2.05) is 4.90 Å². The Labute approximate surface area is 131 Å². The van der Waals surface area contributed by atoms with Gasteiger partial charge in [-0.1, -0.05) is 49.9 Å². The van der Waals surface area contributed by atoms with Crippen molar-refractivity contribution >= 4 is 34.8 Å². The lowest BCUT2D eigenvalue weighted by molar-refractivity contribution is 0.0751. The summed E-state index contributed by atoms with van der Waals surface area (Å²) in [5.74, 6) is -0.0318. The molecule has 20 heavy (non-hydrogen) atoms. The Morgan fingerprint density at radius 3 is 1.95 bits per heavy atom. The molecule has 0 aliphatic heterocycles. The molecule has 0 saturated heterocycles. The molecular formula is C15H22Cl2N2O. The molecule has 0 aliphatic rings. The maximum absolute atomic E-state index is 12.5. The van der Waals surface area contributed by atoms with Crippen molar-refractivity contribution in [2.45, 2.75) is 39.5 Å². The van der Waals surface area contributed by atoms with Crippen LogP contribution >= 0.6 is 23.2 Å². The van der Waals surface area contributed by atoms with Crippen LogP contribution in [0.2, 0.25) is 10.0 Å². The molecule has 1 aromatic carbocycles. The number of rotatable bonds is 7. The molecule has 0 saturated carbocycles. The summed E-state index contributed by atoms with van der Waals surface area (Å²) < 4.78 is 0. The zero-order valence-electron chi connectivity index (χ0n) is 12.1. The molecule has 3 nitrogen and oxygen atoms in total. The normalized spacial score (nSPS) is 10.6. The van der Waals surface area contributed by atoms with E-state index in [4.69, 9.17) is 28.9 Å². The first-order valence-electron chi connectivity index (χ1n) is 7.05. The van der Waals surface area contributed by atoms with Crippen molar-refractivity contribution < 1.29 is 4.79 Å². The minimum absolute atomic E-state index is 0.0318. The third-order valence-electron chi connectivity index (χ3n) is 3.18. The summed E-state index contributed by atoms with van der Waals surface area (Å²) in [6.45, 7) is 5.74. The van der Waals surface area contributed by atoms with Gasteiger partial charge in [-0.25, -0.2) is 0 Å². The third-order valence-corrected chi connectivity index (χ3v) is 3.80. The highest BCUT2D eigenvalue weighted by Crippen LogP contribution is 2.29. The molecule has 0 bridgehead atoms. The molecular weight excluding hydrogens is 295 g/mol. The number of nitrogens with two attached hydrogens (primary N) is 1. The fraction of sp³-hybridized carbons (Fsp3) is 0.533. The monoisotopic (exact) mass is 316 g/mol. The van der Waals surface area contributed by atoms with Crippen LogP contribution in [0, 0.1) is 0 Å². The molecule has 112 valence electrons. The molecule has 0 atom stereocenters. The van der Waals surface area contributed by atoms with Crippen LogP contribution in [-0.2, 0) is 0 Å². The summed E-state index contributed by atoms with van der Waals surface area (Å²) >= 11 is 12.0. The molecule has 0 fully saturated rings. The minimum Gasteiger partial charge on any atom is -0.396 e. The number of carbonyl (C=O) groups is 1. The number of anilines is 1. The largest absolute Gasteiger partial charge is 0.396 e. The SMILES string of the molecule is CCCCN(CCCC)C(=O)c1cc(Cl)c(N)c(Cl)c1. The second kappa shape index (κ2) is 8.38. The van der Waals surface area contributed by atoms with Crippen LogP contribution < -0.4 is 5.73 Å². The maximum Gasteiger partial charge on any atom is 0.253 e. The number of hydrogen-bond donors (Lipinski definition) is 1. The molecule has 2 N–H and O–H groups in total. The maximum atomic E-state index is 12.5. The first kappa shape index (κ1) is 17.1. The van der Waals surface area contributed by atoms with Crippen molar-refractivity contribution in [1.82, 2.24) is 4.90 Å². The van der Waals surface area contributed by atoms with Gasteiger partial charge in [0.25, 0.3) is 5.91 Å². The molecule has 1 amide bonds. The van der Waals surface area contributed by atoms with Crippen molar-refractivity contribution in [3.63, 3.8) is 0 Å². The number of unbranched alkanes of at least 4 members (excludes halogenated alkanes) is 2. The van der Waals surface area contributed by atoms with Gasteiger partial charge >= 0.3 is 0 Å². The van der Waals surface area contributed by atoms with Crippen LogP contribution in [0.25, 0.3) is 0 Å². The predicted octanol–water partition coefficient (Wildman–Crippen LogP) is 4.62. The Hall–Kier alpha value is -0.930. The molecule has 1 aromatic rings. The van der Waals surface area contributed by atoms with Crippen LogP contribution in [-0.4, -0.2) is 23.9 Å². The number of halogens is 2. The van der Waals surface area contributed by atoms with Gasteiger partial charge in [0.1, 0.15) is 0 Å². The molecule has 0 radical (unpaired) electrons. The van der Waals surface area contributed by atoms with Gasteiger partial charge in [0, 0.05) is 18.7 Å². The number of benzene rings is 1. The summed E-state index contributed by atoms with van der Waals surface area (Å²) in [6.07, 6.45) is 4.09. The Kier molecular flexibility index (Phi) is 7.17. The summed E-state index contributed by atoms with van der Waals surface area (Å²) in [4.78, 5) is 14.4.